The number of halogens is 1. The van der Waals surface area contributed by atoms with Crippen molar-refractivity contribution < 1.29 is 28.3 Å². The van der Waals surface area contributed by atoms with E-state index >= 15 is 0 Å². The van der Waals surface area contributed by atoms with Gasteiger partial charge in [-0.05, 0) is 49.7 Å². The van der Waals surface area contributed by atoms with E-state index in [2.05, 4.69) is 0 Å². The van der Waals surface area contributed by atoms with Gasteiger partial charge in [0, 0.05) is 23.4 Å². The third-order valence-electron chi connectivity index (χ3n) is 6.85. The highest BCUT2D eigenvalue weighted by Gasteiger charge is 2.43. The zero-order valence-corrected chi connectivity index (χ0v) is 21.4. The summed E-state index contributed by atoms with van der Waals surface area (Å²) in [6, 6.07) is 21.9. The predicted molar refractivity (Wildman–Crippen MR) is 141 cm³/mol. The number of Topliss-reactive ketones (excluding diaryl/α,β-unsaturated/α-hetero) is 1. The zero-order valence-electron chi connectivity index (χ0n) is 21.4. The van der Waals surface area contributed by atoms with Gasteiger partial charge in [0.05, 0.1) is 16.8 Å². The Bertz CT molecular complexity index is 1570. The lowest BCUT2D eigenvalue weighted by molar-refractivity contribution is -0.147. The molecule has 0 unspecified atom stereocenters. The Balaban J connectivity index is 1.38. The van der Waals surface area contributed by atoms with Crippen LogP contribution in [0.3, 0.4) is 0 Å². The number of amides is 2. The summed E-state index contributed by atoms with van der Waals surface area (Å²) in [5, 5.41) is 0. The van der Waals surface area contributed by atoms with Crippen LogP contribution in [-0.2, 0) is 16.0 Å². The lowest BCUT2D eigenvalue weighted by Crippen LogP contribution is -2.47. The highest BCUT2D eigenvalue weighted by molar-refractivity contribution is 6.22. The molecule has 0 aliphatic carbocycles. The Morgan fingerprint density at radius 1 is 0.846 bits per heavy atom. The molecule has 2 amide bonds. The second-order valence-corrected chi connectivity index (χ2v) is 9.33. The highest BCUT2D eigenvalue weighted by Crippen LogP contribution is 2.27. The summed E-state index contributed by atoms with van der Waals surface area (Å²) in [6.07, 6.45) is 0.0289. The molecule has 0 fully saturated rings. The van der Waals surface area contributed by atoms with Crippen LogP contribution in [0.15, 0.2) is 84.9 Å². The number of para-hydroxylation sites is 1. The molecular formula is C31H25FN2O5. The highest BCUT2D eigenvalue weighted by atomic mass is 19.1. The molecule has 4 aromatic rings. The predicted octanol–water partition coefficient (Wildman–Crippen LogP) is 4.87. The minimum absolute atomic E-state index is 0.0289. The van der Waals surface area contributed by atoms with Crippen LogP contribution in [-0.4, -0.2) is 45.7 Å². The molecule has 1 aliphatic rings. The van der Waals surface area contributed by atoms with Crippen molar-refractivity contribution >= 4 is 23.6 Å². The molecule has 0 bridgehead atoms. The summed E-state index contributed by atoms with van der Waals surface area (Å²) < 4.78 is 21.5. The molecule has 1 aliphatic heterocycles. The second kappa shape index (κ2) is 10.5. The largest absolute Gasteiger partial charge is 0.456 e. The van der Waals surface area contributed by atoms with E-state index in [1.54, 1.807) is 79.1 Å². The summed E-state index contributed by atoms with van der Waals surface area (Å²) in [6.45, 7) is 2.83. The van der Waals surface area contributed by atoms with E-state index in [-0.39, 0.29) is 23.1 Å². The van der Waals surface area contributed by atoms with Crippen molar-refractivity contribution in [3.63, 3.8) is 0 Å². The number of nitrogens with zero attached hydrogens (tertiary/aromatic N) is 2. The van der Waals surface area contributed by atoms with Crippen LogP contribution in [0.1, 0.15) is 48.0 Å². The smallest absolute Gasteiger partial charge is 0.330 e. The van der Waals surface area contributed by atoms with E-state index in [9.17, 15) is 23.6 Å². The Kier molecular flexibility index (Phi) is 6.94. The van der Waals surface area contributed by atoms with Gasteiger partial charge < -0.3 is 9.30 Å². The summed E-state index contributed by atoms with van der Waals surface area (Å²) in [4.78, 5) is 53.7. The minimum atomic E-state index is -1.27. The van der Waals surface area contributed by atoms with E-state index < -0.39 is 42.0 Å². The Labute approximate surface area is 224 Å². The molecule has 7 nitrogen and oxygen atoms in total. The second-order valence-electron chi connectivity index (χ2n) is 9.33. The molecule has 2 heterocycles. The van der Waals surface area contributed by atoms with Gasteiger partial charge in [-0.15, -0.1) is 0 Å². The quantitative estimate of drug-likeness (QED) is 0.187. The van der Waals surface area contributed by atoms with E-state index in [1.165, 1.54) is 18.2 Å². The molecule has 196 valence electrons. The van der Waals surface area contributed by atoms with Crippen LogP contribution in [0.4, 0.5) is 4.39 Å². The fourth-order valence-electron chi connectivity index (χ4n) is 4.97. The first-order chi connectivity index (χ1) is 18.8. The maximum Gasteiger partial charge on any atom is 0.330 e. The van der Waals surface area contributed by atoms with Gasteiger partial charge in [-0.25, -0.2) is 9.18 Å². The Morgan fingerprint density at radius 3 is 2.08 bits per heavy atom. The van der Waals surface area contributed by atoms with Crippen LogP contribution in [0.25, 0.3) is 5.69 Å². The number of benzene rings is 3. The maximum atomic E-state index is 14.4. The molecule has 5 rings (SSSR count). The molecule has 0 radical (unpaired) electrons. The van der Waals surface area contributed by atoms with Crippen LogP contribution < -0.4 is 0 Å². The first kappa shape index (κ1) is 25.8. The van der Waals surface area contributed by atoms with Gasteiger partial charge >= 0.3 is 5.97 Å². The van der Waals surface area contributed by atoms with Gasteiger partial charge in [-0.1, -0.05) is 54.6 Å². The first-order valence-electron chi connectivity index (χ1n) is 12.4. The van der Waals surface area contributed by atoms with Crippen LogP contribution in [0.2, 0.25) is 0 Å². The molecule has 0 N–H and O–H groups in total. The molecule has 39 heavy (non-hydrogen) atoms. The SMILES string of the molecule is Cc1cc(C(=O)COC(=O)[C@@H](Cc2ccccc2)N2C(=O)c3ccccc3C2=O)c(C)n1-c1ccccc1F. The van der Waals surface area contributed by atoms with Crippen molar-refractivity contribution in [2.75, 3.05) is 6.61 Å². The number of aryl methyl sites for hydroxylation is 1. The van der Waals surface area contributed by atoms with Crippen LogP contribution in [0, 0.1) is 19.7 Å². The maximum absolute atomic E-state index is 14.4. The molecule has 1 atom stereocenters. The third-order valence-corrected chi connectivity index (χ3v) is 6.85. The van der Waals surface area contributed by atoms with Gasteiger partial charge in [0.1, 0.15) is 11.9 Å². The number of esters is 1. The van der Waals surface area contributed by atoms with Crippen molar-refractivity contribution in [2.24, 2.45) is 0 Å². The van der Waals surface area contributed by atoms with Crippen molar-refractivity contribution in [1.29, 1.82) is 0 Å². The molecule has 8 heteroatoms. The van der Waals surface area contributed by atoms with Crippen molar-refractivity contribution in [3.05, 3.63) is 124 Å². The summed E-state index contributed by atoms with van der Waals surface area (Å²) in [5.41, 5.74) is 2.87. The number of imide groups is 1. The Morgan fingerprint density at radius 2 is 1.44 bits per heavy atom. The number of carbonyl (C=O) groups excluding carboxylic acids is 4. The topological polar surface area (TPSA) is 85.7 Å². The summed E-state index contributed by atoms with van der Waals surface area (Å²) in [5.74, 6) is -2.97. The average molecular weight is 525 g/mol. The molecule has 0 saturated carbocycles. The lowest BCUT2D eigenvalue weighted by atomic mass is 10.0. The first-order valence-corrected chi connectivity index (χ1v) is 12.4. The van der Waals surface area contributed by atoms with E-state index in [0.29, 0.717) is 17.1 Å². The van der Waals surface area contributed by atoms with Crippen molar-refractivity contribution in [3.8, 4) is 5.69 Å². The van der Waals surface area contributed by atoms with Gasteiger partial charge in [0.15, 0.2) is 6.61 Å². The number of aromatic nitrogens is 1. The Hall–Kier alpha value is -4.85. The van der Waals surface area contributed by atoms with Crippen molar-refractivity contribution in [1.82, 2.24) is 9.47 Å². The number of carbonyl (C=O) groups is 4. The number of ether oxygens (including phenoxy) is 1. The lowest BCUT2D eigenvalue weighted by Gasteiger charge is -2.24. The van der Waals surface area contributed by atoms with Gasteiger partial charge in [0.2, 0.25) is 5.78 Å². The van der Waals surface area contributed by atoms with Crippen LogP contribution in [0.5, 0.6) is 0 Å². The number of rotatable bonds is 8. The zero-order chi connectivity index (χ0) is 27.7. The van der Waals surface area contributed by atoms with Crippen molar-refractivity contribution in [2.45, 2.75) is 26.3 Å². The molecule has 0 saturated heterocycles. The van der Waals surface area contributed by atoms with E-state index in [1.807, 2.05) is 6.07 Å². The van der Waals surface area contributed by atoms with Crippen LogP contribution >= 0.6 is 0 Å². The minimum Gasteiger partial charge on any atom is -0.456 e. The fraction of sp³-hybridized carbons (Fsp3) is 0.161. The van der Waals surface area contributed by atoms with E-state index in [4.69, 9.17) is 4.74 Å². The molecule has 0 spiro atoms. The molecule has 1 aromatic heterocycles. The van der Waals surface area contributed by atoms with Gasteiger partial charge in [-0.2, -0.15) is 0 Å². The number of fused-ring (bicyclic) bond motifs is 1. The number of ketones is 1. The average Bonchev–Trinajstić information content (AvgIpc) is 3.38. The normalized spacial score (nSPS) is 13.4. The standard InChI is InChI=1S/C31H25FN2O5/c1-19-16-24(20(2)33(19)26-15-9-8-14-25(26)32)28(35)18-39-31(38)27(17-21-10-4-3-5-11-21)34-29(36)22-12-6-7-13-23(22)30(34)37/h3-16,27H,17-18H2,1-2H3/t27-/m1/s1. The summed E-state index contributed by atoms with van der Waals surface area (Å²) >= 11 is 0. The van der Waals surface area contributed by atoms with Gasteiger partial charge in [-0.3, -0.25) is 19.3 Å². The summed E-state index contributed by atoms with van der Waals surface area (Å²) in [7, 11) is 0. The monoisotopic (exact) mass is 524 g/mol. The van der Waals surface area contributed by atoms with Gasteiger partial charge in [0.25, 0.3) is 11.8 Å². The number of hydrogen-bond donors (Lipinski definition) is 0. The third kappa shape index (κ3) is 4.77. The van der Waals surface area contributed by atoms with E-state index in [0.717, 1.165) is 10.5 Å². The fourth-order valence-corrected chi connectivity index (χ4v) is 4.97. The molecule has 3 aromatic carbocycles. The number of hydrogen-bond acceptors (Lipinski definition) is 5. The molecular weight excluding hydrogens is 499 g/mol.